The van der Waals surface area contributed by atoms with Crippen LogP contribution in [0.2, 0.25) is 0 Å². The van der Waals surface area contributed by atoms with Crippen LogP contribution in [0.1, 0.15) is 6.42 Å². The Morgan fingerprint density at radius 3 is 1.55 bits per heavy atom. The third-order valence-corrected chi connectivity index (χ3v) is 0.546. The van der Waals surface area contributed by atoms with Crippen molar-refractivity contribution >= 4 is 46.4 Å². The molecule has 0 rings (SSSR count). The molecule has 0 N–H and O–H groups in total. The fourth-order valence-electron chi connectivity index (χ4n) is 0.0825. The van der Waals surface area contributed by atoms with Crippen LogP contribution < -0.4 is 0 Å². The van der Waals surface area contributed by atoms with E-state index < -0.39 is 16.4 Å². The van der Waals surface area contributed by atoms with Gasteiger partial charge in [-0.2, -0.15) is 4.39 Å². The van der Waals surface area contributed by atoms with Crippen molar-refractivity contribution in [3.63, 3.8) is 0 Å². The minimum atomic E-state index is -2.58. The van der Waals surface area contributed by atoms with E-state index in [4.69, 9.17) is 0 Å². The number of hydrogen-bond donors (Lipinski definition) is 0. The highest BCUT2D eigenvalue weighted by Crippen LogP contribution is 2.26. The second kappa shape index (κ2) is 7.59. The molecule has 7 heteroatoms. The molecule has 0 spiro atoms. The molecule has 0 aromatic heterocycles. The van der Waals surface area contributed by atoms with Crippen molar-refractivity contribution in [2.75, 3.05) is 6.67 Å². The third kappa shape index (κ3) is 56.2. The number of rotatable bonds is 2. The maximum absolute atomic E-state index is 11.2. The molecule has 0 aliphatic carbocycles. The topological polar surface area (TPSA) is 0 Å². The number of hydrogen-bond acceptors (Lipinski definition) is 0. The molecule has 0 amide bonds. The monoisotopic (exact) mass is 250 g/mol. The standard InChI is InChI=1S/C3H5ClF2.CCl3F/c4-3(6)1-2-5;2-1(3,4)5/h3H,1-2H2;. The predicted octanol–water partition coefficient (Wildman–Crippen LogP) is 4.16. The Bertz CT molecular complexity index is 75.9. The van der Waals surface area contributed by atoms with Crippen LogP contribution >= 0.6 is 46.4 Å². The first-order valence-corrected chi connectivity index (χ1v) is 3.94. The molecule has 0 fully saturated rings. The van der Waals surface area contributed by atoms with E-state index in [1.165, 1.54) is 0 Å². The highest BCUT2D eigenvalue weighted by atomic mass is 35.6. The highest BCUT2D eigenvalue weighted by Gasteiger charge is 2.14. The summed E-state index contributed by atoms with van der Waals surface area (Å²) in [6.45, 7) is -0.676. The average Bonchev–Trinajstić information content (AvgIpc) is 1.58. The van der Waals surface area contributed by atoms with E-state index in [1.807, 2.05) is 0 Å². The molecule has 0 aromatic rings. The van der Waals surface area contributed by atoms with Gasteiger partial charge in [0.2, 0.25) is 0 Å². The molecular weight excluding hydrogens is 247 g/mol. The van der Waals surface area contributed by atoms with Gasteiger partial charge in [0.25, 0.3) is 0 Å². The molecule has 0 saturated heterocycles. The van der Waals surface area contributed by atoms with Gasteiger partial charge in [0.05, 0.1) is 6.67 Å². The van der Waals surface area contributed by atoms with Gasteiger partial charge in [0, 0.05) is 6.42 Å². The molecule has 70 valence electrons. The Morgan fingerprint density at radius 1 is 1.27 bits per heavy atom. The van der Waals surface area contributed by atoms with Crippen LogP contribution in [0.15, 0.2) is 0 Å². The van der Waals surface area contributed by atoms with E-state index in [2.05, 4.69) is 46.4 Å². The SMILES string of the molecule is FC(Cl)(Cl)Cl.FCCC(F)Cl. The molecule has 0 heterocycles. The minimum Gasteiger partial charge on any atom is -0.251 e. The zero-order valence-electron chi connectivity index (χ0n) is 5.14. The third-order valence-electron chi connectivity index (χ3n) is 0.327. The van der Waals surface area contributed by atoms with Crippen LogP contribution in [0.25, 0.3) is 0 Å². The van der Waals surface area contributed by atoms with E-state index >= 15 is 0 Å². The maximum atomic E-state index is 11.2. The Kier molecular flexibility index (Phi) is 9.99. The molecule has 0 radical (unpaired) electrons. The Labute approximate surface area is 82.5 Å². The van der Waals surface area contributed by atoms with Crippen LogP contribution in [-0.2, 0) is 0 Å². The number of halogens is 7. The lowest BCUT2D eigenvalue weighted by atomic mass is 10.5. The quantitative estimate of drug-likeness (QED) is 0.647. The number of alkyl halides is 7. The van der Waals surface area contributed by atoms with Crippen LogP contribution in [-0.4, -0.2) is 16.4 Å². The van der Waals surface area contributed by atoms with Crippen molar-refractivity contribution in [3.05, 3.63) is 0 Å². The fraction of sp³-hybridized carbons (Fsp3) is 1.00. The largest absolute Gasteiger partial charge is 0.333 e. The summed E-state index contributed by atoms with van der Waals surface area (Å²) < 4.78 is 30.5. The van der Waals surface area contributed by atoms with Gasteiger partial charge in [-0.1, -0.05) is 11.6 Å². The lowest BCUT2D eigenvalue weighted by Gasteiger charge is -1.89. The molecule has 0 aromatic carbocycles. The average molecular weight is 252 g/mol. The van der Waals surface area contributed by atoms with Crippen LogP contribution in [0.4, 0.5) is 13.2 Å². The van der Waals surface area contributed by atoms with E-state index in [0.717, 1.165) is 0 Å². The summed E-state index contributed by atoms with van der Waals surface area (Å²) in [5.41, 5.74) is -1.50. The summed E-state index contributed by atoms with van der Waals surface area (Å²) in [4.78, 5) is 0. The second-order valence-corrected chi connectivity index (χ2v) is 3.91. The van der Waals surface area contributed by atoms with Crippen LogP contribution in [0.3, 0.4) is 0 Å². The van der Waals surface area contributed by atoms with E-state index in [-0.39, 0.29) is 6.42 Å². The molecule has 1 atom stereocenters. The molecular formula is C4H5Cl4F3. The van der Waals surface area contributed by atoms with Crippen LogP contribution in [0, 0.1) is 0 Å². The summed E-state index contributed by atoms with van der Waals surface area (Å²) in [5, 5.41) is 0. The summed E-state index contributed by atoms with van der Waals surface area (Å²) in [5.74, 6) is 0. The van der Waals surface area contributed by atoms with Crippen molar-refractivity contribution in [3.8, 4) is 0 Å². The molecule has 0 aliphatic heterocycles. The Hall–Kier alpha value is 0.950. The Balaban J connectivity index is 0. The van der Waals surface area contributed by atoms with E-state index in [0.29, 0.717) is 0 Å². The van der Waals surface area contributed by atoms with Crippen molar-refractivity contribution < 1.29 is 13.2 Å². The van der Waals surface area contributed by atoms with Crippen molar-refractivity contribution in [2.45, 2.75) is 16.1 Å². The van der Waals surface area contributed by atoms with Gasteiger partial charge in [0.15, 0.2) is 5.63 Å². The molecule has 11 heavy (non-hydrogen) atoms. The minimum absolute atomic E-state index is 0.193. The van der Waals surface area contributed by atoms with Gasteiger partial charge < -0.3 is 0 Å². The maximum Gasteiger partial charge on any atom is 0.333 e. The lowest BCUT2D eigenvalue weighted by molar-refractivity contribution is 0.364. The van der Waals surface area contributed by atoms with Crippen molar-refractivity contribution in [1.29, 1.82) is 0 Å². The van der Waals surface area contributed by atoms with Gasteiger partial charge >= 0.3 is 4.05 Å². The van der Waals surface area contributed by atoms with Gasteiger partial charge in [-0.15, -0.1) is 0 Å². The summed E-state index contributed by atoms with van der Waals surface area (Å²) >= 11 is 17.9. The van der Waals surface area contributed by atoms with Crippen molar-refractivity contribution in [1.82, 2.24) is 0 Å². The van der Waals surface area contributed by atoms with Gasteiger partial charge in [-0.05, 0) is 34.8 Å². The zero-order valence-corrected chi connectivity index (χ0v) is 8.16. The van der Waals surface area contributed by atoms with E-state index in [9.17, 15) is 13.2 Å². The van der Waals surface area contributed by atoms with Gasteiger partial charge in [-0.25, -0.2) is 4.39 Å². The molecule has 1 unspecified atom stereocenters. The smallest absolute Gasteiger partial charge is 0.251 e. The molecule has 0 saturated carbocycles. The van der Waals surface area contributed by atoms with Gasteiger partial charge in [-0.3, -0.25) is 4.39 Å². The molecule has 0 aliphatic rings. The fourth-order valence-corrected chi connectivity index (χ4v) is 0.165. The summed E-state index contributed by atoms with van der Waals surface area (Å²) in [6.07, 6.45) is -0.193. The lowest BCUT2D eigenvalue weighted by Crippen LogP contribution is -1.87. The summed E-state index contributed by atoms with van der Waals surface area (Å²) in [7, 11) is 0. The Morgan fingerprint density at radius 2 is 1.55 bits per heavy atom. The first kappa shape index (κ1) is 14.5. The molecule has 0 nitrogen and oxygen atoms in total. The normalized spacial score (nSPS) is 13.4. The zero-order chi connectivity index (χ0) is 9.49. The first-order chi connectivity index (χ1) is 4.77. The first-order valence-electron chi connectivity index (χ1n) is 2.37. The van der Waals surface area contributed by atoms with E-state index in [1.54, 1.807) is 0 Å². The highest BCUT2D eigenvalue weighted by molar-refractivity contribution is 6.66. The molecule has 0 bridgehead atoms. The van der Waals surface area contributed by atoms with Crippen molar-refractivity contribution in [2.24, 2.45) is 0 Å². The van der Waals surface area contributed by atoms with Gasteiger partial charge in [0.1, 0.15) is 0 Å². The predicted molar refractivity (Wildman–Crippen MR) is 42.7 cm³/mol. The van der Waals surface area contributed by atoms with Crippen LogP contribution in [0.5, 0.6) is 0 Å². The summed E-state index contributed by atoms with van der Waals surface area (Å²) in [6, 6.07) is 0. The second-order valence-electron chi connectivity index (χ2n) is 1.30.